The van der Waals surface area contributed by atoms with Crippen molar-refractivity contribution in [3.05, 3.63) is 47.3 Å². The van der Waals surface area contributed by atoms with E-state index in [0.717, 1.165) is 43.1 Å². The third-order valence-electron chi connectivity index (χ3n) is 9.39. The highest BCUT2D eigenvalue weighted by molar-refractivity contribution is 5.77. The zero-order valence-electron chi connectivity index (χ0n) is 19.4. The summed E-state index contributed by atoms with van der Waals surface area (Å²) in [7, 11) is 0. The number of hydrogen-bond donors (Lipinski definition) is 4. The van der Waals surface area contributed by atoms with Gasteiger partial charge in [0.25, 0.3) is 0 Å². The summed E-state index contributed by atoms with van der Waals surface area (Å²) in [6.07, 6.45) is 8.05. The minimum Gasteiger partial charge on any atom is -0.504 e. The molecule has 3 aliphatic carbocycles. The van der Waals surface area contributed by atoms with Crippen LogP contribution in [0.4, 0.5) is 0 Å². The molecular formula is C27H33N3O4. The van der Waals surface area contributed by atoms with Gasteiger partial charge in [-0.1, -0.05) is 6.07 Å². The van der Waals surface area contributed by atoms with Gasteiger partial charge in [0.05, 0.1) is 17.1 Å². The van der Waals surface area contributed by atoms with Gasteiger partial charge in [0.1, 0.15) is 6.10 Å². The zero-order valence-corrected chi connectivity index (χ0v) is 19.4. The molecule has 2 aliphatic heterocycles. The van der Waals surface area contributed by atoms with E-state index in [-0.39, 0.29) is 29.8 Å². The molecule has 7 rings (SSSR count). The van der Waals surface area contributed by atoms with Gasteiger partial charge in [-0.2, -0.15) is 0 Å². The number of aromatic amines is 1. The molecule has 1 amide bonds. The molecule has 180 valence electrons. The number of likely N-dealkylation sites (tertiary alicyclic amines) is 1. The molecule has 1 aromatic carbocycles. The average molecular weight is 464 g/mol. The molecule has 0 radical (unpaired) electrons. The molecule has 34 heavy (non-hydrogen) atoms. The number of phenols is 1. The molecule has 7 heteroatoms. The van der Waals surface area contributed by atoms with Gasteiger partial charge in [-0.15, -0.1) is 0 Å². The Balaban J connectivity index is 1.22. The smallest absolute Gasteiger partial charge is 0.220 e. The van der Waals surface area contributed by atoms with Crippen LogP contribution in [0.15, 0.2) is 30.5 Å². The average Bonchev–Trinajstić information content (AvgIpc) is 3.33. The quantitative estimate of drug-likeness (QED) is 0.528. The molecule has 0 unspecified atom stereocenters. The second-order valence-electron chi connectivity index (χ2n) is 11.2. The first-order valence-corrected chi connectivity index (χ1v) is 12.9. The normalized spacial score (nSPS) is 35.5. The molecule has 3 fully saturated rings. The van der Waals surface area contributed by atoms with Gasteiger partial charge in [-0.25, -0.2) is 0 Å². The predicted molar refractivity (Wildman–Crippen MR) is 126 cm³/mol. The monoisotopic (exact) mass is 463 g/mol. The second kappa shape index (κ2) is 7.25. The molecule has 1 aromatic heterocycles. The van der Waals surface area contributed by atoms with Crippen molar-refractivity contribution in [1.82, 2.24) is 15.2 Å². The van der Waals surface area contributed by atoms with E-state index in [4.69, 9.17) is 4.74 Å². The number of nitrogens with zero attached hydrogens (tertiary/aromatic N) is 1. The summed E-state index contributed by atoms with van der Waals surface area (Å²) in [6.45, 7) is 1.99. The van der Waals surface area contributed by atoms with Crippen molar-refractivity contribution in [3.8, 4) is 11.5 Å². The Morgan fingerprint density at radius 3 is 2.91 bits per heavy atom. The predicted octanol–water partition coefficient (Wildman–Crippen LogP) is 2.40. The standard InChI is InChI=1S/C27H33N3O4/c31-20-7-5-17-14-21-27(33)10-9-19(29-22(32)8-6-18-2-1-12-28-18)25-26(27,23(17)24(20)34-25)11-13-30(21)15-16-3-4-16/h1-2,5,7,12,16,19,21,25,28,31,33H,3-4,6,8-11,13-15H2,(H,29,32)/t19-,21+,25-,26-,27+/m0/s1. The summed E-state index contributed by atoms with van der Waals surface area (Å²) >= 11 is 0. The van der Waals surface area contributed by atoms with Crippen LogP contribution in [0.3, 0.4) is 0 Å². The fraction of sp³-hybridized carbons (Fsp3) is 0.593. The number of nitrogens with one attached hydrogen (secondary N) is 2. The Kier molecular flexibility index (Phi) is 4.44. The first kappa shape index (κ1) is 20.8. The van der Waals surface area contributed by atoms with Gasteiger partial charge >= 0.3 is 0 Å². The lowest BCUT2D eigenvalue weighted by atomic mass is 9.48. The first-order chi connectivity index (χ1) is 16.5. The number of rotatable bonds is 6. The van der Waals surface area contributed by atoms with Gasteiger partial charge in [0, 0.05) is 36.5 Å². The summed E-state index contributed by atoms with van der Waals surface area (Å²) in [4.78, 5) is 18.6. The molecule has 2 saturated carbocycles. The van der Waals surface area contributed by atoms with Crippen LogP contribution in [0.1, 0.15) is 55.3 Å². The van der Waals surface area contributed by atoms with E-state index in [1.807, 2.05) is 24.4 Å². The van der Waals surface area contributed by atoms with Crippen molar-refractivity contribution in [2.75, 3.05) is 13.1 Å². The number of H-pyrrole nitrogens is 1. The van der Waals surface area contributed by atoms with Crippen molar-refractivity contribution in [3.63, 3.8) is 0 Å². The lowest BCUT2D eigenvalue weighted by Gasteiger charge is -2.64. The molecule has 2 bridgehead atoms. The van der Waals surface area contributed by atoms with Crippen LogP contribution >= 0.6 is 0 Å². The number of aliphatic hydroxyl groups is 1. The number of aromatic hydroxyl groups is 1. The van der Waals surface area contributed by atoms with Gasteiger partial charge in [0.15, 0.2) is 11.5 Å². The minimum atomic E-state index is -0.914. The summed E-state index contributed by atoms with van der Waals surface area (Å²) < 4.78 is 6.52. The number of amides is 1. The third-order valence-corrected chi connectivity index (χ3v) is 9.39. The van der Waals surface area contributed by atoms with Crippen LogP contribution in [0.2, 0.25) is 0 Å². The van der Waals surface area contributed by atoms with Crippen molar-refractivity contribution in [2.45, 2.75) is 80.6 Å². The Morgan fingerprint density at radius 2 is 2.12 bits per heavy atom. The van der Waals surface area contributed by atoms with E-state index < -0.39 is 11.0 Å². The molecular weight excluding hydrogens is 430 g/mol. The zero-order chi connectivity index (χ0) is 23.1. The number of carbonyl (C=O) groups excluding carboxylic acids is 1. The van der Waals surface area contributed by atoms with Crippen LogP contribution in [-0.4, -0.2) is 62.9 Å². The Hall–Kier alpha value is -2.51. The number of ether oxygens (including phenoxy) is 1. The van der Waals surface area contributed by atoms with E-state index in [9.17, 15) is 15.0 Å². The molecule has 5 aliphatic rings. The summed E-state index contributed by atoms with van der Waals surface area (Å²) in [5.74, 6) is 1.44. The molecule has 2 aromatic rings. The van der Waals surface area contributed by atoms with Crippen LogP contribution in [0, 0.1) is 5.92 Å². The van der Waals surface area contributed by atoms with Gasteiger partial charge in [0.2, 0.25) is 5.91 Å². The van der Waals surface area contributed by atoms with E-state index in [0.29, 0.717) is 31.4 Å². The maximum atomic E-state index is 12.9. The fourth-order valence-electron chi connectivity index (χ4n) is 7.68. The highest BCUT2D eigenvalue weighted by Gasteiger charge is 2.73. The van der Waals surface area contributed by atoms with E-state index in [1.54, 1.807) is 6.07 Å². The Morgan fingerprint density at radius 1 is 1.24 bits per heavy atom. The van der Waals surface area contributed by atoms with Crippen LogP contribution in [-0.2, 0) is 23.1 Å². The number of hydrogen-bond acceptors (Lipinski definition) is 5. The molecule has 1 saturated heterocycles. The van der Waals surface area contributed by atoms with Crippen molar-refractivity contribution >= 4 is 5.91 Å². The van der Waals surface area contributed by atoms with Crippen molar-refractivity contribution in [2.24, 2.45) is 5.92 Å². The SMILES string of the molecule is O=C(CCc1ccc[nH]1)N[C@H]1CC[C@@]2(O)[C@H]3Cc4ccc(O)c5c4[C@@]2(CCN3CC2CC2)[C@H]1O5. The maximum absolute atomic E-state index is 12.9. The van der Waals surface area contributed by atoms with Crippen LogP contribution in [0.25, 0.3) is 0 Å². The molecule has 3 heterocycles. The third kappa shape index (κ3) is 2.80. The molecule has 5 atom stereocenters. The summed E-state index contributed by atoms with van der Waals surface area (Å²) in [5, 5.41) is 26.4. The van der Waals surface area contributed by atoms with Crippen molar-refractivity contribution < 1.29 is 19.7 Å². The lowest BCUT2D eigenvalue weighted by molar-refractivity contribution is -0.192. The number of benzene rings is 1. The van der Waals surface area contributed by atoms with Crippen molar-refractivity contribution in [1.29, 1.82) is 0 Å². The van der Waals surface area contributed by atoms with E-state index >= 15 is 0 Å². The van der Waals surface area contributed by atoms with Crippen LogP contribution < -0.4 is 10.1 Å². The lowest BCUT2D eigenvalue weighted by Crippen LogP contribution is -2.78. The molecule has 1 spiro atoms. The summed E-state index contributed by atoms with van der Waals surface area (Å²) in [5.41, 5.74) is 1.73. The highest BCUT2D eigenvalue weighted by Crippen LogP contribution is 2.65. The number of phenolic OH excluding ortho intramolecular Hbond substituents is 1. The first-order valence-electron chi connectivity index (χ1n) is 12.9. The Bertz CT molecular complexity index is 1130. The summed E-state index contributed by atoms with van der Waals surface area (Å²) in [6, 6.07) is 7.55. The largest absolute Gasteiger partial charge is 0.504 e. The number of carbonyl (C=O) groups is 1. The van der Waals surface area contributed by atoms with E-state index in [2.05, 4.69) is 15.2 Å². The topological polar surface area (TPSA) is 97.8 Å². The maximum Gasteiger partial charge on any atom is 0.220 e. The molecule has 7 nitrogen and oxygen atoms in total. The highest BCUT2D eigenvalue weighted by atomic mass is 16.5. The van der Waals surface area contributed by atoms with Gasteiger partial charge in [-0.3, -0.25) is 9.69 Å². The number of aromatic nitrogens is 1. The number of aryl methyl sites for hydroxylation is 1. The van der Waals surface area contributed by atoms with Gasteiger partial charge < -0.3 is 25.3 Å². The Labute approximate surface area is 199 Å². The molecule has 4 N–H and O–H groups in total. The second-order valence-corrected chi connectivity index (χ2v) is 11.2. The number of piperidine rings is 1. The van der Waals surface area contributed by atoms with Crippen LogP contribution in [0.5, 0.6) is 11.5 Å². The van der Waals surface area contributed by atoms with Gasteiger partial charge in [-0.05, 0) is 81.2 Å². The van der Waals surface area contributed by atoms with E-state index in [1.165, 1.54) is 18.4 Å². The minimum absolute atomic E-state index is 0.00368. The fourth-order valence-corrected chi connectivity index (χ4v) is 7.68.